The first-order valence-corrected chi connectivity index (χ1v) is 9.85. The monoisotopic (exact) mass is 412 g/mol. The number of hydrogen-bond acceptors (Lipinski definition) is 6. The molecule has 0 atom stereocenters. The minimum Gasteiger partial charge on any atom is -0.489 e. The van der Waals surface area contributed by atoms with Crippen LogP contribution in [0.2, 0.25) is 0 Å². The van der Waals surface area contributed by atoms with Crippen LogP contribution in [-0.4, -0.2) is 41.4 Å². The Morgan fingerprint density at radius 1 is 1.30 bits per heavy atom. The molecule has 3 heterocycles. The molecule has 3 N–H and O–H groups in total. The van der Waals surface area contributed by atoms with Gasteiger partial charge in [0.1, 0.15) is 23.7 Å². The van der Waals surface area contributed by atoms with E-state index < -0.39 is 5.54 Å². The minimum absolute atomic E-state index is 0.105. The number of aryl methyl sites for hydroxylation is 1. The van der Waals surface area contributed by atoms with Gasteiger partial charge in [-0.1, -0.05) is 0 Å². The average Bonchev–Trinajstić information content (AvgIpc) is 3.09. The number of aliphatic hydroxyl groups is 1. The standard InChI is InChI=1S/C22H24N2O6/c1-14-19(21(27)24-22(13-25)6-9-28-10-7-22)17-11-16(4-5-18(17)30-14)29-12-15-3-2-8-23-20(15)26/h2-5,8,11,25H,6-7,9-10,12-13H2,1H3,(H,23,26)(H,24,27). The third-order valence-electron chi connectivity index (χ3n) is 5.49. The SMILES string of the molecule is Cc1oc2ccc(OCc3ccc[nH]c3=O)cc2c1C(=O)NC1(CO)CCOCC1. The van der Waals surface area contributed by atoms with Crippen LogP contribution in [0.15, 0.2) is 45.7 Å². The third kappa shape index (κ3) is 3.96. The predicted octanol–water partition coefficient (Wildman–Crippen LogP) is 2.28. The largest absolute Gasteiger partial charge is 0.489 e. The molecule has 30 heavy (non-hydrogen) atoms. The number of amides is 1. The molecule has 4 rings (SSSR count). The molecule has 0 spiro atoms. The molecule has 0 radical (unpaired) electrons. The minimum atomic E-state index is -0.701. The number of carbonyl (C=O) groups is 1. The van der Waals surface area contributed by atoms with E-state index in [-0.39, 0.29) is 24.7 Å². The van der Waals surface area contributed by atoms with Crippen LogP contribution in [0.1, 0.15) is 34.5 Å². The fourth-order valence-electron chi connectivity index (χ4n) is 3.69. The third-order valence-corrected chi connectivity index (χ3v) is 5.49. The van der Waals surface area contributed by atoms with Gasteiger partial charge in [0.25, 0.3) is 11.5 Å². The number of pyridine rings is 1. The van der Waals surface area contributed by atoms with Crippen LogP contribution in [0.4, 0.5) is 0 Å². The number of rotatable bonds is 6. The number of carbonyl (C=O) groups excluding carboxylic acids is 1. The molecule has 1 aliphatic heterocycles. The zero-order valence-corrected chi connectivity index (χ0v) is 16.7. The molecule has 8 nitrogen and oxygen atoms in total. The maximum atomic E-state index is 13.1. The van der Waals surface area contributed by atoms with Crippen molar-refractivity contribution in [1.29, 1.82) is 0 Å². The molecule has 1 fully saturated rings. The number of benzene rings is 1. The van der Waals surface area contributed by atoms with E-state index in [0.717, 1.165) is 0 Å². The van der Waals surface area contributed by atoms with Gasteiger partial charge in [-0.2, -0.15) is 0 Å². The normalized spacial score (nSPS) is 15.8. The highest BCUT2D eigenvalue weighted by Crippen LogP contribution is 2.30. The van der Waals surface area contributed by atoms with Crippen LogP contribution in [0.25, 0.3) is 11.0 Å². The Hall–Kier alpha value is -3.10. The Balaban J connectivity index is 1.59. The highest BCUT2D eigenvalue weighted by molar-refractivity contribution is 6.07. The van der Waals surface area contributed by atoms with Gasteiger partial charge in [0.05, 0.1) is 23.3 Å². The summed E-state index contributed by atoms with van der Waals surface area (Å²) < 4.78 is 16.9. The van der Waals surface area contributed by atoms with Crippen molar-refractivity contribution in [2.45, 2.75) is 31.9 Å². The first-order valence-electron chi connectivity index (χ1n) is 9.85. The molecule has 158 valence electrons. The molecule has 1 aromatic carbocycles. The van der Waals surface area contributed by atoms with Crippen LogP contribution < -0.4 is 15.6 Å². The summed E-state index contributed by atoms with van der Waals surface area (Å²) in [4.78, 5) is 27.5. The Labute approximate surface area is 172 Å². The maximum Gasteiger partial charge on any atom is 0.255 e. The summed E-state index contributed by atoms with van der Waals surface area (Å²) in [6.45, 7) is 2.66. The number of fused-ring (bicyclic) bond motifs is 1. The van der Waals surface area contributed by atoms with E-state index >= 15 is 0 Å². The van der Waals surface area contributed by atoms with Crippen LogP contribution in [-0.2, 0) is 11.3 Å². The van der Waals surface area contributed by atoms with Crippen LogP contribution in [0, 0.1) is 6.92 Å². The fourth-order valence-corrected chi connectivity index (χ4v) is 3.69. The molecule has 2 aromatic heterocycles. The molecule has 0 unspecified atom stereocenters. The number of H-pyrrole nitrogens is 1. The van der Waals surface area contributed by atoms with Crippen molar-refractivity contribution in [3.8, 4) is 5.75 Å². The molecule has 0 bridgehead atoms. The van der Waals surface area contributed by atoms with Gasteiger partial charge in [-0.05, 0) is 50.1 Å². The number of furan rings is 1. The summed E-state index contributed by atoms with van der Waals surface area (Å²) in [5.74, 6) is 0.696. The Kier molecular flexibility index (Phi) is 5.61. The number of aliphatic hydroxyl groups excluding tert-OH is 1. The van der Waals surface area contributed by atoms with Gasteiger partial charge in [0, 0.05) is 24.8 Å². The molecular weight excluding hydrogens is 388 g/mol. The zero-order valence-electron chi connectivity index (χ0n) is 16.7. The van der Waals surface area contributed by atoms with Crippen molar-refractivity contribution in [2.75, 3.05) is 19.8 Å². The lowest BCUT2D eigenvalue weighted by Gasteiger charge is -2.36. The van der Waals surface area contributed by atoms with Crippen LogP contribution >= 0.6 is 0 Å². The first kappa shape index (κ1) is 20.2. The second-order valence-electron chi connectivity index (χ2n) is 7.51. The molecule has 1 aliphatic rings. The highest BCUT2D eigenvalue weighted by Gasteiger charge is 2.35. The molecule has 0 saturated carbocycles. The topological polar surface area (TPSA) is 114 Å². The van der Waals surface area contributed by atoms with Gasteiger partial charge in [0.2, 0.25) is 0 Å². The Morgan fingerprint density at radius 2 is 2.10 bits per heavy atom. The number of aromatic nitrogens is 1. The predicted molar refractivity (Wildman–Crippen MR) is 110 cm³/mol. The van der Waals surface area contributed by atoms with Crippen molar-refractivity contribution < 1.29 is 23.8 Å². The van der Waals surface area contributed by atoms with E-state index in [1.807, 2.05) is 0 Å². The van der Waals surface area contributed by atoms with Gasteiger partial charge in [-0.25, -0.2) is 0 Å². The average molecular weight is 412 g/mol. The summed E-state index contributed by atoms with van der Waals surface area (Å²) >= 11 is 0. The van der Waals surface area contributed by atoms with E-state index in [4.69, 9.17) is 13.9 Å². The summed E-state index contributed by atoms with van der Waals surface area (Å²) in [5.41, 5.74) is 0.570. The highest BCUT2D eigenvalue weighted by atomic mass is 16.5. The second-order valence-corrected chi connectivity index (χ2v) is 7.51. The maximum absolute atomic E-state index is 13.1. The quantitative estimate of drug-likeness (QED) is 0.572. The fraction of sp³-hybridized carbons (Fsp3) is 0.364. The summed E-state index contributed by atoms with van der Waals surface area (Å²) in [7, 11) is 0. The smallest absolute Gasteiger partial charge is 0.255 e. The summed E-state index contributed by atoms with van der Waals surface area (Å²) in [5, 5.41) is 13.5. The Morgan fingerprint density at radius 3 is 2.83 bits per heavy atom. The van der Waals surface area contributed by atoms with Crippen LogP contribution in [0.5, 0.6) is 5.75 Å². The van der Waals surface area contributed by atoms with E-state index in [1.54, 1.807) is 43.5 Å². The summed E-state index contributed by atoms with van der Waals surface area (Å²) in [6, 6.07) is 8.63. The zero-order chi connectivity index (χ0) is 21.1. The molecule has 1 saturated heterocycles. The number of ether oxygens (including phenoxy) is 2. The lowest BCUT2D eigenvalue weighted by atomic mass is 9.90. The van der Waals surface area contributed by atoms with E-state index in [0.29, 0.717) is 59.7 Å². The lowest BCUT2D eigenvalue weighted by Crippen LogP contribution is -2.54. The number of hydrogen-bond donors (Lipinski definition) is 3. The van der Waals surface area contributed by atoms with Gasteiger partial charge in [-0.3, -0.25) is 9.59 Å². The van der Waals surface area contributed by atoms with E-state index in [9.17, 15) is 14.7 Å². The Bertz CT molecular complexity index is 1110. The van der Waals surface area contributed by atoms with Crippen molar-refractivity contribution in [3.63, 3.8) is 0 Å². The second kappa shape index (κ2) is 8.33. The summed E-state index contributed by atoms with van der Waals surface area (Å²) in [6.07, 6.45) is 2.66. The van der Waals surface area contributed by atoms with Crippen molar-refractivity contribution >= 4 is 16.9 Å². The molecule has 8 heteroatoms. The molecule has 3 aromatic rings. The lowest BCUT2D eigenvalue weighted by molar-refractivity contribution is 0.0125. The van der Waals surface area contributed by atoms with Crippen molar-refractivity contribution in [2.24, 2.45) is 0 Å². The van der Waals surface area contributed by atoms with Crippen LogP contribution in [0.3, 0.4) is 0 Å². The van der Waals surface area contributed by atoms with Gasteiger partial charge >= 0.3 is 0 Å². The number of aromatic amines is 1. The van der Waals surface area contributed by atoms with Crippen molar-refractivity contribution in [1.82, 2.24) is 10.3 Å². The number of nitrogens with one attached hydrogen (secondary N) is 2. The van der Waals surface area contributed by atoms with Gasteiger partial charge in [-0.15, -0.1) is 0 Å². The molecular formula is C22H24N2O6. The molecule has 1 amide bonds. The van der Waals surface area contributed by atoms with Gasteiger partial charge < -0.3 is 29.3 Å². The van der Waals surface area contributed by atoms with Gasteiger partial charge in [0.15, 0.2) is 0 Å². The molecule has 0 aliphatic carbocycles. The first-order chi connectivity index (χ1) is 14.5. The van der Waals surface area contributed by atoms with Crippen molar-refractivity contribution in [3.05, 3.63) is 63.8 Å². The van der Waals surface area contributed by atoms with E-state index in [2.05, 4.69) is 10.3 Å². The van der Waals surface area contributed by atoms with E-state index in [1.165, 1.54) is 0 Å².